The third-order valence-electron chi connectivity index (χ3n) is 6.94. The zero-order valence-electron chi connectivity index (χ0n) is 22.0. The van der Waals surface area contributed by atoms with Gasteiger partial charge in [-0.05, 0) is 25.7 Å². The van der Waals surface area contributed by atoms with Crippen LogP contribution in [0.3, 0.4) is 0 Å². The first-order valence-corrected chi connectivity index (χ1v) is 13.8. The van der Waals surface area contributed by atoms with E-state index in [1.807, 2.05) is 0 Å². The lowest BCUT2D eigenvalue weighted by Gasteiger charge is -2.35. The SMILES string of the molecule is CCCCCCCCC(CCCCCCCC)N(C)C(=O)C(C)(C)CCCCCCO. The third kappa shape index (κ3) is 15.8. The van der Waals surface area contributed by atoms with E-state index >= 15 is 0 Å². The number of hydrogen-bond donors (Lipinski definition) is 1. The fraction of sp³-hybridized carbons (Fsp3) is 0.964. The summed E-state index contributed by atoms with van der Waals surface area (Å²) >= 11 is 0. The number of hydrogen-bond acceptors (Lipinski definition) is 2. The Bertz CT molecular complexity index is 392. The van der Waals surface area contributed by atoms with Gasteiger partial charge in [0.25, 0.3) is 0 Å². The number of carbonyl (C=O) groups is 1. The topological polar surface area (TPSA) is 40.5 Å². The summed E-state index contributed by atoms with van der Waals surface area (Å²) < 4.78 is 0. The van der Waals surface area contributed by atoms with E-state index in [0.29, 0.717) is 11.9 Å². The fourth-order valence-electron chi connectivity index (χ4n) is 4.63. The number of nitrogens with zero attached hydrogens (tertiary/aromatic N) is 1. The van der Waals surface area contributed by atoms with E-state index in [0.717, 1.165) is 44.9 Å². The third-order valence-corrected chi connectivity index (χ3v) is 6.94. The molecule has 31 heavy (non-hydrogen) atoms. The second kappa shape index (κ2) is 20.1. The minimum absolute atomic E-state index is 0.281. The van der Waals surface area contributed by atoms with Crippen LogP contribution in [0.2, 0.25) is 0 Å². The van der Waals surface area contributed by atoms with Gasteiger partial charge in [0.1, 0.15) is 0 Å². The lowest BCUT2D eigenvalue weighted by molar-refractivity contribution is -0.142. The van der Waals surface area contributed by atoms with Crippen LogP contribution in [0, 0.1) is 5.41 Å². The normalized spacial score (nSPS) is 12.0. The molecule has 0 spiro atoms. The highest BCUT2D eigenvalue weighted by Crippen LogP contribution is 2.29. The highest BCUT2D eigenvalue weighted by Gasteiger charge is 2.32. The largest absolute Gasteiger partial charge is 0.396 e. The van der Waals surface area contributed by atoms with Crippen LogP contribution in [0.25, 0.3) is 0 Å². The molecular formula is C28H57NO2. The van der Waals surface area contributed by atoms with E-state index in [2.05, 4.69) is 39.6 Å². The standard InChI is InChI=1S/C28H57NO2/c1-6-8-10-12-14-18-22-26(23-19-15-13-11-9-7-2)29(5)27(31)28(3,4)24-20-16-17-21-25-30/h26,30H,6-25H2,1-5H3. The maximum absolute atomic E-state index is 13.4. The van der Waals surface area contributed by atoms with Crippen molar-refractivity contribution in [3.8, 4) is 0 Å². The first-order chi connectivity index (χ1) is 14.9. The average Bonchev–Trinajstić information content (AvgIpc) is 2.75. The van der Waals surface area contributed by atoms with Gasteiger partial charge in [0.2, 0.25) is 5.91 Å². The summed E-state index contributed by atoms with van der Waals surface area (Å²) in [5.74, 6) is 0.330. The van der Waals surface area contributed by atoms with Crippen LogP contribution in [0.1, 0.15) is 150 Å². The van der Waals surface area contributed by atoms with E-state index in [9.17, 15) is 4.79 Å². The van der Waals surface area contributed by atoms with Crippen LogP contribution in [-0.4, -0.2) is 35.6 Å². The van der Waals surface area contributed by atoms with Gasteiger partial charge < -0.3 is 10.0 Å². The van der Waals surface area contributed by atoms with Gasteiger partial charge in [-0.2, -0.15) is 0 Å². The maximum Gasteiger partial charge on any atom is 0.228 e. The maximum atomic E-state index is 13.4. The van der Waals surface area contributed by atoms with Gasteiger partial charge in [-0.15, -0.1) is 0 Å². The molecule has 0 bridgehead atoms. The van der Waals surface area contributed by atoms with Crippen LogP contribution >= 0.6 is 0 Å². The van der Waals surface area contributed by atoms with Gasteiger partial charge in [0.05, 0.1) is 0 Å². The van der Waals surface area contributed by atoms with Gasteiger partial charge in [-0.3, -0.25) is 4.79 Å². The Labute approximate surface area is 195 Å². The molecule has 0 unspecified atom stereocenters. The predicted molar refractivity (Wildman–Crippen MR) is 136 cm³/mol. The number of carbonyl (C=O) groups excluding carboxylic acids is 1. The molecule has 0 radical (unpaired) electrons. The van der Waals surface area contributed by atoms with E-state index < -0.39 is 0 Å². The van der Waals surface area contributed by atoms with Crippen LogP contribution in [0.5, 0.6) is 0 Å². The Morgan fingerprint density at radius 2 is 1.13 bits per heavy atom. The number of amides is 1. The molecule has 0 aromatic heterocycles. The minimum Gasteiger partial charge on any atom is -0.396 e. The molecule has 0 fully saturated rings. The molecule has 186 valence electrons. The number of aliphatic hydroxyl groups excluding tert-OH is 1. The predicted octanol–water partition coefficient (Wildman–Crippen LogP) is 8.28. The van der Waals surface area contributed by atoms with Crippen molar-refractivity contribution in [3.05, 3.63) is 0 Å². The zero-order chi connectivity index (χ0) is 23.4. The van der Waals surface area contributed by atoms with Crippen molar-refractivity contribution < 1.29 is 9.90 Å². The molecule has 0 saturated heterocycles. The summed E-state index contributed by atoms with van der Waals surface area (Å²) in [6, 6.07) is 0.401. The fourth-order valence-corrected chi connectivity index (χ4v) is 4.63. The average molecular weight is 440 g/mol. The lowest BCUT2D eigenvalue weighted by atomic mass is 9.84. The summed E-state index contributed by atoms with van der Waals surface area (Å²) in [6.07, 6.45) is 23.2. The molecule has 0 heterocycles. The highest BCUT2D eigenvalue weighted by molar-refractivity contribution is 5.82. The monoisotopic (exact) mass is 439 g/mol. The van der Waals surface area contributed by atoms with E-state index in [1.54, 1.807) is 0 Å². The molecule has 0 saturated carbocycles. The number of rotatable bonds is 22. The molecule has 1 N–H and O–H groups in total. The van der Waals surface area contributed by atoms with E-state index in [4.69, 9.17) is 5.11 Å². The molecule has 1 amide bonds. The Morgan fingerprint density at radius 1 is 0.710 bits per heavy atom. The van der Waals surface area contributed by atoms with Crippen molar-refractivity contribution in [1.29, 1.82) is 0 Å². The molecule has 0 aliphatic carbocycles. The van der Waals surface area contributed by atoms with Crippen LogP contribution in [-0.2, 0) is 4.79 Å². The molecule has 3 nitrogen and oxygen atoms in total. The van der Waals surface area contributed by atoms with E-state index in [-0.39, 0.29) is 12.0 Å². The smallest absolute Gasteiger partial charge is 0.228 e. The molecule has 0 aromatic carbocycles. The summed E-state index contributed by atoms with van der Waals surface area (Å²) in [5.41, 5.74) is -0.283. The molecule has 0 rings (SSSR count). The number of unbranched alkanes of at least 4 members (excludes halogenated alkanes) is 13. The molecular weight excluding hydrogens is 382 g/mol. The molecule has 0 aliphatic heterocycles. The Kier molecular flexibility index (Phi) is 19.7. The summed E-state index contributed by atoms with van der Waals surface area (Å²) in [6.45, 7) is 9.08. The van der Waals surface area contributed by atoms with Gasteiger partial charge >= 0.3 is 0 Å². The summed E-state index contributed by atoms with van der Waals surface area (Å²) in [5, 5.41) is 8.95. The molecule has 0 aromatic rings. The van der Waals surface area contributed by atoms with Crippen molar-refractivity contribution >= 4 is 5.91 Å². The first kappa shape index (κ1) is 30.4. The second-order valence-electron chi connectivity index (χ2n) is 10.5. The van der Waals surface area contributed by atoms with Crippen molar-refractivity contribution in [3.63, 3.8) is 0 Å². The minimum atomic E-state index is -0.283. The number of aliphatic hydroxyl groups is 1. The molecule has 0 aliphatic rings. The van der Waals surface area contributed by atoms with Crippen LogP contribution < -0.4 is 0 Å². The highest BCUT2D eigenvalue weighted by atomic mass is 16.2. The Hall–Kier alpha value is -0.570. The first-order valence-electron chi connectivity index (χ1n) is 13.8. The van der Waals surface area contributed by atoms with Gasteiger partial charge in [0, 0.05) is 25.1 Å². The van der Waals surface area contributed by atoms with Crippen LogP contribution in [0.4, 0.5) is 0 Å². The van der Waals surface area contributed by atoms with Gasteiger partial charge in [-0.25, -0.2) is 0 Å². The second-order valence-corrected chi connectivity index (χ2v) is 10.5. The van der Waals surface area contributed by atoms with Crippen molar-refractivity contribution in [1.82, 2.24) is 4.90 Å². The van der Waals surface area contributed by atoms with Gasteiger partial charge in [0.15, 0.2) is 0 Å². The zero-order valence-corrected chi connectivity index (χ0v) is 22.0. The molecule has 3 heteroatoms. The lowest BCUT2D eigenvalue weighted by Crippen LogP contribution is -2.44. The van der Waals surface area contributed by atoms with Crippen LogP contribution in [0.15, 0.2) is 0 Å². The Balaban J connectivity index is 4.62. The molecule has 0 atom stereocenters. The quantitative estimate of drug-likeness (QED) is 0.172. The Morgan fingerprint density at radius 3 is 1.61 bits per heavy atom. The van der Waals surface area contributed by atoms with Crippen molar-refractivity contribution in [2.45, 2.75) is 156 Å². The van der Waals surface area contributed by atoms with Crippen molar-refractivity contribution in [2.24, 2.45) is 5.41 Å². The summed E-state index contributed by atoms with van der Waals surface area (Å²) in [7, 11) is 2.06. The van der Waals surface area contributed by atoms with E-state index in [1.165, 1.54) is 77.0 Å². The summed E-state index contributed by atoms with van der Waals surface area (Å²) in [4.78, 5) is 15.5. The van der Waals surface area contributed by atoms with Crippen molar-refractivity contribution in [2.75, 3.05) is 13.7 Å². The van der Waals surface area contributed by atoms with Gasteiger partial charge in [-0.1, -0.05) is 124 Å².